The van der Waals surface area contributed by atoms with Gasteiger partial charge in [0.2, 0.25) is 0 Å². The molecule has 11 heavy (non-hydrogen) atoms. The number of aromatic nitrogens is 1. The van der Waals surface area contributed by atoms with Crippen LogP contribution in [0.5, 0.6) is 0 Å². The third kappa shape index (κ3) is 1.03. The Bertz CT molecular complexity index is 294. The lowest BCUT2D eigenvalue weighted by Gasteiger charge is -2.17. The minimum Gasteiger partial charge on any atom is -0.348 e. The van der Waals surface area contributed by atoms with E-state index in [1.54, 1.807) is 5.51 Å². The van der Waals surface area contributed by atoms with Gasteiger partial charge in [0.1, 0.15) is 4.88 Å². The topological polar surface area (TPSA) is 42.0 Å². The maximum absolute atomic E-state index is 11.2. The first-order valence-electron chi connectivity index (χ1n) is 3.50. The monoisotopic (exact) mass is 168 g/mol. The Hall–Kier alpha value is -0.900. The van der Waals surface area contributed by atoms with Crippen molar-refractivity contribution < 1.29 is 4.79 Å². The molecule has 0 fully saturated rings. The number of nitrogens with one attached hydrogen (secondary N) is 1. The van der Waals surface area contributed by atoms with Gasteiger partial charge in [-0.05, 0) is 6.92 Å². The molecule has 1 aromatic rings. The molecule has 0 saturated carbocycles. The number of nitrogens with zero attached hydrogens (tertiary/aromatic N) is 1. The number of hydrogen-bond donors (Lipinski definition) is 1. The molecule has 0 saturated heterocycles. The Balaban J connectivity index is 2.44. The highest BCUT2D eigenvalue weighted by Crippen LogP contribution is 2.18. The van der Waals surface area contributed by atoms with E-state index in [-0.39, 0.29) is 11.9 Å². The molecule has 1 unspecified atom stereocenters. The van der Waals surface area contributed by atoms with Crippen molar-refractivity contribution in [3.8, 4) is 0 Å². The van der Waals surface area contributed by atoms with Crippen LogP contribution >= 0.6 is 11.3 Å². The van der Waals surface area contributed by atoms with Gasteiger partial charge < -0.3 is 5.32 Å². The zero-order chi connectivity index (χ0) is 7.84. The second-order valence-corrected chi connectivity index (χ2v) is 3.56. The number of thiazole rings is 1. The molecule has 0 aliphatic carbocycles. The summed E-state index contributed by atoms with van der Waals surface area (Å²) >= 11 is 1.41. The quantitative estimate of drug-likeness (QED) is 0.623. The van der Waals surface area contributed by atoms with Gasteiger partial charge in [-0.2, -0.15) is 0 Å². The predicted molar refractivity (Wildman–Crippen MR) is 42.7 cm³/mol. The number of rotatable bonds is 0. The Morgan fingerprint density at radius 1 is 1.82 bits per heavy atom. The Morgan fingerprint density at radius 2 is 2.64 bits per heavy atom. The van der Waals surface area contributed by atoms with Gasteiger partial charge >= 0.3 is 0 Å². The molecule has 2 heterocycles. The number of amides is 1. The Labute approximate surface area is 68.5 Å². The molecule has 4 heteroatoms. The van der Waals surface area contributed by atoms with Crippen molar-refractivity contribution in [2.45, 2.75) is 19.4 Å². The van der Waals surface area contributed by atoms with Gasteiger partial charge in [-0.1, -0.05) is 0 Å². The second kappa shape index (κ2) is 2.30. The van der Waals surface area contributed by atoms with E-state index < -0.39 is 0 Å². The van der Waals surface area contributed by atoms with Crippen molar-refractivity contribution in [1.82, 2.24) is 10.3 Å². The fourth-order valence-corrected chi connectivity index (χ4v) is 1.95. The van der Waals surface area contributed by atoms with Crippen molar-refractivity contribution in [1.29, 1.82) is 0 Å². The summed E-state index contributed by atoms with van der Waals surface area (Å²) in [6.07, 6.45) is 0.866. The van der Waals surface area contributed by atoms with Crippen LogP contribution in [0.2, 0.25) is 0 Å². The lowest BCUT2D eigenvalue weighted by Crippen LogP contribution is -2.38. The highest BCUT2D eigenvalue weighted by atomic mass is 32.1. The molecule has 1 N–H and O–H groups in total. The van der Waals surface area contributed by atoms with Crippen LogP contribution in [0.25, 0.3) is 0 Å². The summed E-state index contributed by atoms with van der Waals surface area (Å²) < 4.78 is 0. The van der Waals surface area contributed by atoms with E-state index in [9.17, 15) is 4.79 Å². The molecule has 1 aromatic heterocycles. The van der Waals surface area contributed by atoms with Gasteiger partial charge in [0.25, 0.3) is 5.91 Å². The Morgan fingerprint density at radius 3 is 3.45 bits per heavy atom. The van der Waals surface area contributed by atoms with E-state index in [1.165, 1.54) is 11.3 Å². The highest BCUT2D eigenvalue weighted by Gasteiger charge is 2.23. The van der Waals surface area contributed by atoms with Crippen molar-refractivity contribution in [3.05, 3.63) is 16.1 Å². The first kappa shape index (κ1) is 6.79. The number of hydrogen-bond acceptors (Lipinski definition) is 3. The van der Waals surface area contributed by atoms with Crippen LogP contribution in [0, 0.1) is 0 Å². The molecule has 3 nitrogen and oxygen atoms in total. The van der Waals surface area contributed by atoms with Gasteiger partial charge in [-0.3, -0.25) is 4.79 Å². The minimum atomic E-state index is 0.0289. The van der Waals surface area contributed by atoms with Crippen molar-refractivity contribution in [2.75, 3.05) is 0 Å². The predicted octanol–water partition coefficient (Wildman–Crippen LogP) is 0.818. The van der Waals surface area contributed by atoms with Crippen molar-refractivity contribution >= 4 is 17.2 Å². The molecule has 0 radical (unpaired) electrons. The van der Waals surface area contributed by atoms with Crippen molar-refractivity contribution in [3.63, 3.8) is 0 Å². The van der Waals surface area contributed by atoms with E-state index in [4.69, 9.17) is 0 Å². The van der Waals surface area contributed by atoms with E-state index in [0.717, 1.165) is 17.0 Å². The number of fused-ring (bicyclic) bond motifs is 1. The number of carbonyl (C=O) groups is 1. The van der Waals surface area contributed by atoms with Crippen molar-refractivity contribution in [2.24, 2.45) is 0 Å². The molecule has 0 aromatic carbocycles. The van der Waals surface area contributed by atoms with Crippen LogP contribution in [0.15, 0.2) is 5.51 Å². The van der Waals surface area contributed by atoms with Gasteiger partial charge in [0.05, 0.1) is 11.2 Å². The van der Waals surface area contributed by atoms with Crippen LogP contribution in [0.4, 0.5) is 0 Å². The molecule has 58 valence electrons. The average Bonchev–Trinajstić information content (AvgIpc) is 2.34. The zero-order valence-corrected chi connectivity index (χ0v) is 6.94. The molecule has 2 rings (SSSR count). The highest BCUT2D eigenvalue weighted by molar-refractivity contribution is 7.11. The lowest BCUT2D eigenvalue weighted by molar-refractivity contribution is 0.0933. The van der Waals surface area contributed by atoms with Gasteiger partial charge in [0.15, 0.2) is 0 Å². The van der Waals surface area contributed by atoms with E-state index >= 15 is 0 Å². The molecule has 1 amide bonds. The van der Waals surface area contributed by atoms with Crippen LogP contribution in [0.1, 0.15) is 22.3 Å². The maximum Gasteiger partial charge on any atom is 0.263 e. The Kier molecular flexibility index (Phi) is 1.42. The van der Waals surface area contributed by atoms with E-state index in [2.05, 4.69) is 10.3 Å². The van der Waals surface area contributed by atoms with Gasteiger partial charge in [-0.15, -0.1) is 11.3 Å². The second-order valence-electron chi connectivity index (χ2n) is 2.71. The number of carbonyl (C=O) groups excluding carboxylic acids is 1. The van der Waals surface area contributed by atoms with Crippen LogP contribution in [0.3, 0.4) is 0 Å². The molecule has 0 bridgehead atoms. The van der Waals surface area contributed by atoms with Crippen LogP contribution < -0.4 is 5.32 Å². The van der Waals surface area contributed by atoms with Gasteiger partial charge in [0, 0.05) is 12.5 Å². The lowest BCUT2D eigenvalue weighted by atomic mass is 10.1. The normalized spacial score (nSPS) is 22.6. The zero-order valence-electron chi connectivity index (χ0n) is 6.13. The first-order valence-corrected chi connectivity index (χ1v) is 4.38. The fraction of sp³-hybridized carbons (Fsp3) is 0.429. The summed E-state index contributed by atoms with van der Waals surface area (Å²) in [7, 11) is 0. The summed E-state index contributed by atoms with van der Waals surface area (Å²) in [4.78, 5) is 16.1. The van der Waals surface area contributed by atoms with E-state index in [1.807, 2.05) is 6.92 Å². The molecular weight excluding hydrogens is 160 g/mol. The molecule has 1 aliphatic rings. The SMILES string of the molecule is CC1Cc2ncsc2C(=O)N1. The summed E-state index contributed by atoms with van der Waals surface area (Å²) in [5.41, 5.74) is 2.67. The summed E-state index contributed by atoms with van der Waals surface area (Å²) in [6, 6.07) is 0.233. The van der Waals surface area contributed by atoms with Gasteiger partial charge in [-0.25, -0.2) is 4.98 Å². The summed E-state index contributed by atoms with van der Waals surface area (Å²) in [5.74, 6) is 0.0289. The third-order valence-electron chi connectivity index (χ3n) is 1.72. The fourth-order valence-electron chi connectivity index (χ4n) is 1.23. The minimum absolute atomic E-state index is 0.0289. The molecule has 0 spiro atoms. The first-order chi connectivity index (χ1) is 5.27. The summed E-state index contributed by atoms with van der Waals surface area (Å²) in [6.45, 7) is 1.99. The average molecular weight is 168 g/mol. The smallest absolute Gasteiger partial charge is 0.263 e. The standard InChI is InChI=1S/C7H8N2OS/c1-4-2-5-6(7(10)9-4)11-3-8-5/h3-4H,2H2,1H3,(H,9,10). The summed E-state index contributed by atoms with van der Waals surface area (Å²) in [5, 5.41) is 2.85. The largest absolute Gasteiger partial charge is 0.348 e. The molecule has 1 aliphatic heterocycles. The third-order valence-corrected chi connectivity index (χ3v) is 2.59. The van der Waals surface area contributed by atoms with E-state index in [0.29, 0.717) is 0 Å². The molecule has 1 atom stereocenters. The molecular formula is C7H8N2OS. The maximum atomic E-state index is 11.2. The van der Waals surface area contributed by atoms with Crippen LogP contribution in [-0.2, 0) is 6.42 Å². The van der Waals surface area contributed by atoms with Crippen LogP contribution in [-0.4, -0.2) is 16.9 Å².